The number of nitrogens with two attached hydrogens (primary N) is 1. The van der Waals surface area contributed by atoms with Gasteiger partial charge in [0.15, 0.2) is 17.5 Å². The van der Waals surface area contributed by atoms with Gasteiger partial charge in [-0.3, -0.25) is 4.90 Å². The van der Waals surface area contributed by atoms with Crippen LogP contribution in [0.25, 0.3) is 22.6 Å². The molecule has 2 N–H and O–H groups in total. The predicted molar refractivity (Wildman–Crippen MR) is 124 cm³/mol. The second kappa shape index (κ2) is 9.96. The number of carbonyl (C=O) groups excluding carboxylic acids is 1. The minimum atomic E-state index is -1.06. The monoisotopic (exact) mass is 481 g/mol. The zero-order chi connectivity index (χ0) is 24.4. The molecule has 2 aliphatic heterocycles. The number of pyridine rings is 1. The van der Waals surface area contributed by atoms with Crippen molar-refractivity contribution in [2.75, 3.05) is 32.0 Å². The molecule has 1 atom stereocenters. The molecular weight excluding hydrogens is 456 g/mol. The minimum Gasteiger partial charge on any atom is -0.383 e. The van der Waals surface area contributed by atoms with Crippen LogP contribution in [0.1, 0.15) is 24.8 Å². The van der Waals surface area contributed by atoms with Crippen LogP contribution in [0.4, 0.5) is 14.6 Å². The summed E-state index contributed by atoms with van der Waals surface area (Å²) in [5, 5.41) is 11.5. The lowest BCUT2D eigenvalue weighted by atomic mass is 9.90. The summed E-state index contributed by atoms with van der Waals surface area (Å²) in [5.74, 6) is -1.44. The minimum absolute atomic E-state index is 0.123. The Morgan fingerprint density at radius 1 is 1.23 bits per heavy atom. The maximum atomic E-state index is 14.4. The molecule has 0 saturated carbocycles. The Hall–Kier alpha value is -3.57. The largest absolute Gasteiger partial charge is 0.383 e. The number of rotatable bonds is 6. The Balaban J connectivity index is 1.41. The molecule has 4 heterocycles. The Labute approximate surface area is 200 Å². The number of aldehydes is 1. The molecule has 0 bridgehead atoms. The van der Waals surface area contributed by atoms with E-state index in [9.17, 15) is 13.6 Å². The molecule has 0 aliphatic carbocycles. The van der Waals surface area contributed by atoms with E-state index in [-0.39, 0.29) is 23.4 Å². The van der Waals surface area contributed by atoms with Crippen molar-refractivity contribution in [2.24, 2.45) is 5.92 Å². The molecular formula is C24H25F2N7O2. The van der Waals surface area contributed by atoms with Gasteiger partial charge in [-0.15, -0.1) is 5.10 Å². The summed E-state index contributed by atoms with van der Waals surface area (Å²) in [6.07, 6.45) is 7.33. The maximum Gasteiger partial charge on any atom is 0.190 e. The highest BCUT2D eigenvalue weighted by molar-refractivity contribution is 5.76. The van der Waals surface area contributed by atoms with Gasteiger partial charge in [0.25, 0.3) is 0 Å². The molecule has 0 amide bonds. The number of aromatic nitrogens is 5. The van der Waals surface area contributed by atoms with Crippen LogP contribution in [0.5, 0.6) is 0 Å². The summed E-state index contributed by atoms with van der Waals surface area (Å²) in [5.41, 5.74) is 8.29. The quantitative estimate of drug-likeness (QED) is 0.535. The van der Waals surface area contributed by atoms with E-state index in [1.165, 1.54) is 12.1 Å². The van der Waals surface area contributed by atoms with Crippen molar-refractivity contribution in [3.63, 3.8) is 0 Å². The van der Waals surface area contributed by atoms with Crippen LogP contribution in [0.2, 0.25) is 0 Å². The van der Waals surface area contributed by atoms with Gasteiger partial charge < -0.3 is 15.3 Å². The Kier molecular flexibility index (Phi) is 6.60. The van der Waals surface area contributed by atoms with Crippen molar-refractivity contribution in [1.82, 2.24) is 30.1 Å². The predicted octanol–water partition coefficient (Wildman–Crippen LogP) is 2.67. The molecule has 1 fully saturated rings. The molecule has 3 aromatic rings. The zero-order valence-electron chi connectivity index (χ0n) is 19.0. The number of hydrogen-bond donors (Lipinski definition) is 1. The Morgan fingerprint density at radius 2 is 2.06 bits per heavy atom. The van der Waals surface area contributed by atoms with Crippen LogP contribution in [0.15, 0.2) is 36.5 Å². The fourth-order valence-electron chi connectivity index (χ4n) is 4.77. The first kappa shape index (κ1) is 23.2. The summed E-state index contributed by atoms with van der Waals surface area (Å²) >= 11 is 0. The van der Waals surface area contributed by atoms with Gasteiger partial charge in [-0.25, -0.2) is 13.8 Å². The van der Waals surface area contributed by atoms with E-state index in [0.717, 1.165) is 54.0 Å². The van der Waals surface area contributed by atoms with Gasteiger partial charge in [-0.05, 0) is 64.9 Å². The third-order valence-corrected chi connectivity index (χ3v) is 6.71. The van der Waals surface area contributed by atoms with Gasteiger partial charge in [0.05, 0.1) is 11.6 Å². The Bertz CT molecular complexity index is 1260. The van der Waals surface area contributed by atoms with Crippen LogP contribution < -0.4 is 5.73 Å². The van der Waals surface area contributed by atoms with Crippen molar-refractivity contribution >= 4 is 17.7 Å². The number of nitrogen functional groups attached to an aromatic ring is 1. The lowest BCUT2D eigenvalue weighted by Gasteiger charge is -2.37. The lowest BCUT2D eigenvalue weighted by molar-refractivity contribution is -0.115. The third-order valence-electron chi connectivity index (χ3n) is 6.71. The second-order valence-corrected chi connectivity index (χ2v) is 8.69. The molecule has 0 radical (unpaired) electrons. The van der Waals surface area contributed by atoms with Crippen molar-refractivity contribution in [3.05, 3.63) is 53.7 Å². The summed E-state index contributed by atoms with van der Waals surface area (Å²) in [7, 11) is 0. The summed E-state index contributed by atoms with van der Waals surface area (Å²) in [4.78, 5) is 18.4. The number of ether oxygens (including phenoxy) is 1. The summed E-state index contributed by atoms with van der Waals surface area (Å²) in [6.45, 7) is 2.77. The van der Waals surface area contributed by atoms with Crippen LogP contribution in [0.3, 0.4) is 0 Å². The highest BCUT2D eigenvalue weighted by Gasteiger charge is 2.30. The van der Waals surface area contributed by atoms with E-state index in [1.807, 2.05) is 0 Å². The number of hydrogen-bond acceptors (Lipinski definition) is 8. The second-order valence-electron chi connectivity index (χ2n) is 8.69. The van der Waals surface area contributed by atoms with Crippen molar-refractivity contribution < 1.29 is 18.3 Å². The van der Waals surface area contributed by atoms with E-state index >= 15 is 0 Å². The van der Waals surface area contributed by atoms with E-state index in [2.05, 4.69) is 31.5 Å². The van der Waals surface area contributed by atoms with Gasteiger partial charge >= 0.3 is 0 Å². The first-order chi connectivity index (χ1) is 17.1. The number of anilines is 1. The highest BCUT2D eigenvalue weighted by atomic mass is 19.2. The molecule has 11 heteroatoms. The zero-order valence-corrected chi connectivity index (χ0v) is 19.0. The summed E-state index contributed by atoms with van der Waals surface area (Å²) in [6, 6.07) is 5.46. The van der Waals surface area contributed by atoms with Crippen LogP contribution in [-0.2, 0) is 9.53 Å². The van der Waals surface area contributed by atoms with Crippen molar-refractivity contribution in [2.45, 2.75) is 25.3 Å². The number of carbonyl (C=O) groups is 1. The molecule has 2 aliphatic rings. The molecule has 2 aromatic heterocycles. The standard InChI is InChI=1S/C24H25F2N7O2/c25-19-2-1-3-20(22(19)26)33-24(29-30-31-33)18-12-17(13-28-23(18)27)15-4-8-32(9-5-15)21(14-34)16-6-10-35-11-7-16/h1-4,12-14,16,21H,5-11H2,(H2,27,28). The van der Waals surface area contributed by atoms with E-state index in [0.29, 0.717) is 31.2 Å². The fourth-order valence-corrected chi connectivity index (χ4v) is 4.77. The Morgan fingerprint density at radius 3 is 2.80 bits per heavy atom. The fraction of sp³-hybridized carbons (Fsp3) is 0.375. The van der Waals surface area contributed by atoms with E-state index in [4.69, 9.17) is 10.5 Å². The van der Waals surface area contributed by atoms with Crippen LogP contribution in [-0.4, -0.2) is 68.7 Å². The molecule has 5 rings (SSSR count). The average Bonchev–Trinajstić information content (AvgIpc) is 3.37. The van der Waals surface area contributed by atoms with E-state index in [1.54, 1.807) is 12.3 Å². The third kappa shape index (κ3) is 4.56. The first-order valence-electron chi connectivity index (χ1n) is 11.5. The number of tetrazole rings is 1. The average molecular weight is 482 g/mol. The molecule has 1 saturated heterocycles. The molecule has 0 spiro atoms. The summed E-state index contributed by atoms with van der Waals surface area (Å²) < 4.78 is 34.7. The highest BCUT2D eigenvalue weighted by Crippen LogP contribution is 2.31. The lowest BCUT2D eigenvalue weighted by Crippen LogP contribution is -2.45. The number of halogens is 2. The smallest absolute Gasteiger partial charge is 0.190 e. The van der Waals surface area contributed by atoms with Crippen LogP contribution >= 0.6 is 0 Å². The topological polar surface area (TPSA) is 112 Å². The molecule has 1 unspecified atom stereocenters. The van der Waals surface area contributed by atoms with Gasteiger partial charge in [0, 0.05) is 32.5 Å². The first-order valence-corrected chi connectivity index (χ1v) is 11.5. The van der Waals surface area contributed by atoms with Crippen molar-refractivity contribution in [1.29, 1.82) is 0 Å². The number of nitrogens with zero attached hydrogens (tertiary/aromatic N) is 6. The molecule has 9 nitrogen and oxygen atoms in total. The molecule has 35 heavy (non-hydrogen) atoms. The van der Waals surface area contributed by atoms with Gasteiger partial charge in [-0.2, -0.15) is 4.68 Å². The maximum absolute atomic E-state index is 14.4. The van der Waals surface area contributed by atoms with Gasteiger partial charge in [-0.1, -0.05) is 12.1 Å². The molecule has 182 valence electrons. The SMILES string of the molecule is Nc1ncc(C2=CCN(C(C=O)C3CCOCC3)CC2)cc1-c1nnnn1-c1cccc(F)c1F. The number of benzene rings is 1. The van der Waals surface area contributed by atoms with Crippen molar-refractivity contribution in [3.8, 4) is 17.1 Å². The van der Waals surface area contributed by atoms with Gasteiger partial charge in [0.2, 0.25) is 0 Å². The van der Waals surface area contributed by atoms with E-state index < -0.39 is 11.6 Å². The van der Waals surface area contributed by atoms with Gasteiger partial charge in [0.1, 0.15) is 17.8 Å². The van der Waals surface area contributed by atoms with Crippen LogP contribution in [0, 0.1) is 17.6 Å². The molecule has 1 aromatic carbocycles. The normalized spacial score (nSPS) is 18.3.